The van der Waals surface area contributed by atoms with Crippen molar-refractivity contribution >= 4 is 28.4 Å². The molecule has 2 heterocycles. The summed E-state index contributed by atoms with van der Waals surface area (Å²) in [6.07, 6.45) is 0. The Morgan fingerprint density at radius 3 is 2.62 bits per heavy atom. The molecule has 3 aromatic carbocycles. The van der Waals surface area contributed by atoms with Gasteiger partial charge in [0, 0.05) is 11.3 Å². The summed E-state index contributed by atoms with van der Waals surface area (Å²) in [4.78, 5) is 13.4. The van der Waals surface area contributed by atoms with Crippen LogP contribution in [0.5, 0.6) is 5.75 Å². The molecule has 0 radical (unpaired) electrons. The fourth-order valence-corrected chi connectivity index (χ4v) is 4.72. The van der Waals surface area contributed by atoms with Crippen LogP contribution in [0.25, 0.3) is 22.4 Å². The van der Waals surface area contributed by atoms with Crippen molar-refractivity contribution in [3.63, 3.8) is 0 Å². The molecule has 32 heavy (non-hydrogen) atoms. The molecular formula is C24H19FN4O2S. The summed E-state index contributed by atoms with van der Waals surface area (Å²) in [5, 5.41) is 9.91. The van der Waals surface area contributed by atoms with Gasteiger partial charge in [0.05, 0.1) is 23.7 Å². The molecule has 0 fully saturated rings. The van der Waals surface area contributed by atoms with Gasteiger partial charge < -0.3 is 4.74 Å². The van der Waals surface area contributed by atoms with Gasteiger partial charge >= 0.3 is 0 Å². The van der Waals surface area contributed by atoms with Gasteiger partial charge in [0.1, 0.15) is 11.6 Å². The number of fused-ring (bicyclic) bond motifs is 3. The Balaban J connectivity index is 1.71. The van der Waals surface area contributed by atoms with Crippen LogP contribution in [0.1, 0.15) is 11.1 Å². The van der Waals surface area contributed by atoms with E-state index in [0.717, 1.165) is 16.8 Å². The summed E-state index contributed by atoms with van der Waals surface area (Å²) in [7, 11) is 1.56. The van der Waals surface area contributed by atoms with Crippen molar-refractivity contribution < 1.29 is 9.13 Å². The number of hydrogen-bond acceptors (Lipinski definition) is 5. The summed E-state index contributed by atoms with van der Waals surface area (Å²) in [6.45, 7) is 1.95. The van der Waals surface area contributed by atoms with Gasteiger partial charge in [0.2, 0.25) is 5.78 Å². The van der Waals surface area contributed by atoms with Crippen LogP contribution in [0.3, 0.4) is 0 Å². The van der Waals surface area contributed by atoms with E-state index < -0.39 is 0 Å². The minimum absolute atomic E-state index is 0.154. The predicted octanol–water partition coefficient (Wildman–Crippen LogP) is 4.78. The van der Waals surface area contributed by atoms with Crippen molar-refractivity contribution in [1.82, 2.24) is 19.2 Å². The SMILES string of the molecule is COc1ccc(F)cc1CSc1nnc2n(-c3ccccc3C)c(=O)c3ccccc3n12. The first-order valence-electron chi connectivity index (χ1n) is 9.98. The molecule has 0 aliphatic rings. The van der Waals surface area contributed by atoms with Gasteiger partial charge in [-0.1, -0.05) is 42.1 Å². The number of benzene rings is 3. The van der Waals surface area contributed by atoms with Crippen molar-refractivity contribution in [3.05, 3.63) is 94.0 Å². The van der Waals surface area contributed by atoms with Crippen LogP contribution in [-0.4, -0.2) is 26.3 Å². The van der Waals surface area contributed by atoms with Crippen LogP contribution in [0, 0.1) is 12.7 Å². The number of hydrogen-bond donors (Lipinski definition) is 0. The summed E-state index contributed by atoms with van der Waals surface area (Å²) < 4.78 is 22.6. The van der Waals surface area contributed by atoms with Gasteiger partial charge in [-0.15, -0.1) is 10.2 Å². The lowest BCUT2D eigenvalue weighted by Crippen LogP contribution is -2.22. The number of para-hydroxylation sites is 2. The Morgan fingerprint density at radius 1 is 1.03 bits per heavy atom. The van der Waals surface area contributed by atoms with E-state index in [-0.39, 0.29) is 11.4 Å². The normalized spacial score (nSPS) is 11.3. The van der Waals surface area contributed by atoms with Gasteiger partial charge in [-0.05, 0) is 48.9 Å². The summed E-state index contributed by atoms with van der Waals surface area (Å²) in [6, 6.07) is 19.5. The Hall–Kier alpha value is -3.65. The summed E-state index contributed by atoms with van der Waals surface area (Å²) in [5.74, 6) is 1.14. The van der Waals surface area contributed by atoms with E-state index in [2.05, 4.69) is 10.2 Å². The van der Waals surface area contributed by atoms with Crippen LogP contribution in [-0.2, 0) is 5.75 Å². The van der Waals surface area contributed by atoms with Crippen molar-refractivity contribution in [2.75, 3.05) is 7.11 Å². The number of methoxy groups -OCH3 is 1. The second-order valence-electron chi connectivity index (χ2n) is 7.31. The zero-order valence-corrected chi connectivity index (χ0v) is 18.3. The number of halogens is 1. The highest BCUT2D eigenvalue weighted by atomic mass is 32.2. The number of rotatable bonds is 5. The zero-order chi connectivity index (χ0) is 22.2. The largest absolute Gasteiger partial charge is 0.496 e. The fraction of sp³-hybridized carbons (Fsp3) is 0.125. The lowest BCUT2D eigenvalue weighted by atomic mass is 10.2. The van der Waals surface area contributed by atoms with Crippen molar-refractivity contribution in [2.24, 2.45) is 0 Å². The Labute approximate surface area is 187 Å². The number of thioether (sulfide) groups is 1. The molecule has 0 spiro atoms. The Bertz CT molecular complexity index is 1530. The van der Waals surface area contributed by atoms with Gasteiger partial charge in [-0.3, -0.25) is 9.20 Å². The molecule has 0 amide bonds. The quantitative estimate of drug-likeness (QED) is 0.364. The highest BCUT2D eigenvalue weighted by Gasteiger charge is 2.19. The maximum absolute atomic E-state index is 13.8. The number of aromatic nitrogens is 4. The monoisotopic (exact) mass is 446 g/mol. The third kappa shape index (κ3) is 3.33. The summed E-state index contributed by atoms with van der Waals surface area (Å²) >= 11 is 1.40. The third-order valence-electron chi connectivity index (χ3n) is 5.35. The van der Waals surface area contributed by atoms with Crippen molar-refractivity contribution in [2.45, 2.75) is 17.8 Å². The zero-order valence-electron chi connectivity index (χ0n) is 17.4. The number of nitrogens with zero attached hydrogens (tertiary/aromatic N) is 4. The molecule has 5 rings (SSSR count). The fourth-order valence-electron chi connectivity index (χ4n) is 3.81. The van der Waals surface area contributed by atoms with E-state index in [4.69, 9.17) is 4.74 Å². The highest BCUT2D eigenvalue weighted by Crippen LogP contribution is 2.30. The van der Waals surface area contributed by atoms with E-state index in [0.29, 0.717) is 33.4 Å². The molecule has 0 aliphatic heterocycles. The first-order chi connectivity index (χ1) is 15.6. The standard InChI is InChI=1S/C24H19FN4O2S/c1-15-7-3-5-9-19(15)28-22(30)18-8-4-6-10-20(18)29-23(28)26-27-24(29)32-14-16-13-17(25)11-12-21(16)31-2/h3-13H,14H2,1-2H3. The van der Waals surface area contributed by atoms with Crippen LogP contribution in [0.4, 0.5) is 4.39 Å². The third-order valence-corrected chi connectivity index (χ3v) is 6.33. The maximum atomic E-state index is 13.8. The van der Waals surface area contributed by atoms with Gasteiger partial charge in [-0.2, -0.15) is 0 Å². The second kappa shape index (κ2) is 8.12. The Kier molecular flexibility index (Phi) is 5.14. The number of aryl methyl sites for hydroxylation is 1. The molecule has 0 saturated carbocycles. The predicted molar refractivity (Wildman–Crippen MR) is 123 cm³/mol. The molecule has 2 aromatic heterocycles. The van der Waals surface area contributed by atoms with Crippen molar-refractivity contribution in [1.29, 1.82) is 0 Å². The van der Waals surface area contributed by atoms with E-state index >= 15 is 0 Å². The van der Waals surface area contributed by atoms with Gasteiger partial charge in [0.15, 0.2) is 5.16 Å². The molecule has 0 saturated heterocycles. The molecule has 5 aromatic rings. The van der Waals surface area contributed by atoms with Gasteiger partial charge in [0.25, 0.3) is 5.56 Å². The maximum Gasteiger partial charge on any atom is 0.267 e. The molecule has 8 heteroatoms. The van der Waals surface area contributed by atoms with Gasteiger partial charge in [-0.25, -0.2) is 8.96 Å². The average molecular weight is 447 g/mol. The Morgan fingerprint density at radius 2 is 1.81 bits per heavy atom. The molecule has 0 unspecified atom stereocenters. The van der Waals surface area contributed by atoms with Crippen LogP contribution in [0.2, 0.25) is 0 Å². The smallest absolute Gasteiger partial charge is 0.267 e. The molecule has 0 atom stereocenters. The minimum atomic E-state index is -0.327. The van der Waals surface area contributed by atoms with E-state index in [9.17, 15) is 9.18 Å². The first kappa shape index (κ1) is 20.3. The average Bonchev–Trinajstić information content (AvgIpc) is 3.23. The van der Waals surface area contributed by atoms with E-state index in [1.807, 2.05) is 53.8 Å². The van der Waals surface area contributed by atoms with Crippen LogP contribution < -0.4 is 10.3 Å². The topological polar surface area (TPSA) is 61.4 Å². The van der Waals surface area contributed by atoms with Crippen molar-refractivity contribution in [3.8, 4) is 11.4 Å². The molecule has 6 nitrogen and oxygen atoms in total. The highest BCUT2D eigenvalue weighted by molar-refractivity contribution is 7.98. The molecule has 0 bridgehead atoms. The summed E-state index contributed by atoms with van der Waals surface area (Å²) in [5.41, 5.74) is 2.98. The molecule has 0 N–H and O–H groups in total. The van der Waals surface area contributed by atoms with E-state index in [1.165, 1.54) is 23.9 Å². The number of ether oxygens (including phenoxy) is 1. The molecule has 160 valence electrons. The minimum Gasteiger partial charge on any atom is -0.496 e. The molecule has 0 aliphatic carbocycles. The lowest BCUT2D eigenvalue weighted by molar-refractivity contribution is 0.410. The lowest BCUT2D eigenvalue weighted by Gasteiger charge is -2.13. The second-order valence-corrected chi connectivity index (χ2v) is 8.25. The first-order valence-corrected chi connectivity index (χ1v) is 11.0. The van der Waals surface area contributed by atoms with Crippen LogP contribution in [0.15, 0.2) is 76.7 Å². The van der Waals surface area contributed by atoms with E-state index in [1.54, 1.807) is 23.8 Å². The molecular weight excluding hydrogens is 427 g/mol. The van der Waals surface area contributed by atoms with Crippen LogP contribution >= 0.6 is 11.8 Å².